The van der Waals surface area contributed by atoms with Crippen molar-refractivity contribution in [1.82, 2.24) is 9.80 Å². The van der Waals surface area contributed by atoms with Gasteiger partial charge in [-0.2, -0.15) is 0 Å². The second-order valence-corrected chi connectivity index (χ2v) is 5.68. The van der Waals surface area contributed by atoms with Crippen molar-refractivity contribution in [2.24, 2.45) is 0 Å². The van der Waals surface area contributed by atoms with Gasteiger partial charge in [-0.3, -0.25) is 9.69 Å². The molecule has 1 amide bonds. The van der Waals surface area contributed by atoms with E-state index in [9.17, 15) is 4.79 Å². The van der Waals surface area contributed by atoms with Crippen LogP contribution in [0.2, 0.25) is 5.02 Å². The molecule has 2 unspecified atom stereocenters. The van der Waals surface area contributed by atoms with Gasteiger partial charge in [0.1, 0.15) is 0 Å². The van der Waals surface area contributed by atoms with Crippen LogP contribution in [0.3, 0.4) is 0 Å². The van der Waals surface area contributed by atoms with Gasteiger partial charge in [-0.15, -0.1) is 0 Å². The van der Waals surface area contributed by atoms with Gasteiger partial charge in [0, 0.05) is 30.9 Å². The summed E-state index contributed by atoms with van der Waals surface area (Å²) in [7, 11) is 2.08. The number of benzene rings is 1. The molecule has 1 aliphatic heterocycles. The summed E-state index contributed by atoms with van der Waals surface area (Å²) in [4.78, 5) is 16.7. The lowest BCUT2D eigenvalue weighted by molar-refractivity contribution is 0.0415. The first kappa shape index (κ1) is 14.2. The number of carbonyl (C=O) groups excluding carboxylic acids is 1. The molecule has 2 atom stereocenters. The zero-order chi connectivity index (χ0) is 14.2. The Hall–Kier alpha value is -1.26. The molecule has 1 heterocycles. The van der Waals surface area contributed by atoms with Crippen molar-refractivity contribution in [3.63, 3.8) is 0 Å². The van der Waals surface area contributed by atoms with Gasteiger partial charge in [-0.05, 0) is 33.0 Å². The van der Waals surface area contributed by atoms with Gasteiger partial charge in [0.05, 0.1) is 10.6 Å². The van der Waals surface area contributed by atoms with Crippen molar-refractivity contribution in [3.8, 4) is 0 Å². The third-order valence-corrected chi connectivity index (χ3v) is 4.22. The monoisotopic (exact) mass is 281 g/mol. The molecule has 0 spiro atoms. The second-order valence-electron chi connectivity index (χ2n) is 5.28. The maximum absolute atomic E-state index is 12.6. The Balaban J connectivity index is 2.25. The maximum Gasteiger partial charge on any atom is 0.257 e. The van der Waals surface area contributed by atoms with E-state index in [1.54, 1.807) is 18.2 Å². The molecule has 5 heteroatoms. The van der Waals surface area contributed by atoms with Crippen molar-refractivity contribution in [1.29, 1.82) is 0 Å². The Kier molecular flexibility index (Phi) is 4.02. The molecular weight excluding hydrogens is 262 g/mol. The van der Waals surface area contributed by atoms with Crippen LogP contribution in [-0.4, -0.2) is 47.9 Å². The Labute approximate surface area is 119 Å². The molecule has 1 saturated heterocycles. The van der Waals surface area contributed by atoms with Crippen molar-refractivity contribution >= 4 is 23.2 Å². The first-order valence-electron chi connectivity index (χ1n) is 6.47. The van der Waals surface area contributed by atoms with E-state index in [4.69, 9.17) is 17.3 Å². The van der Waals surface area contributed by atoms with E-state index < -0.39 is 0 Å². The molecule has 0 saturated carbocycles. The second kappa shape index (κ2) is 5.39. The van der Waals surface area contributed by atoms with Gasteiger partial charge >= 0.3 is 0 Å². The average Bonchev–Trinajstić information content (AvgIpc) is 2.35. The van der Waals surface area contributed by atoms with Crippen LogP contribution in [0.25, 0.3) is 0 Å². The number of carbonyl (C=O) groups is 1. The lowest BCUT2D eigenvalue weighted by Gasteiger charge is -2.42. The molecule has 4 nitrogen and oxygen atoms in total. The summed E-state index contributed by atoms with van der Waals surface area (Å²) in [5.74, 6) is -0.0742. The first-order valence-corrected chi connectivity index (χ1v) is 6.84. The van der Waals surface area contributed by atoms with E-state index in [0.717, 1.165) is 0 Å². The molecule has 2 rings (SSSR count). The molecule has 1 aromatic carbocycles. The van der Waals surface area contributed by atoms with E-state index in [1.165, 1.54) is 0 Å². The van der Waals surface area contributed by atoms with Gasteiger partial charge in [-0.1, -0.05) is 17.7 Å². The van der Waals surface area contributed by atoms with E-state index in [2.05, 4.69) is 25.8 Å². The van der Waals surface area contributed by atoms with Gasteiger partial charge in [-0.25, -0.2) is 0 Å². The van der Waals surface area contributed by atoms with Gasteiger partial charge in [0.15, 0.2) is 0 Å². The number of hydrogen-bond acceptors (Lipinski definition) is 3. The minimum absolute atomic E-state index is 0.0742. The molecule has 0 aliphatic carbocycles. The van der Waals surface area contributed by atoms with Crippen LogP contribution in [0.5, 0.6) is 0 Å². The third kappa shape index (κ3) is 2.69. The third-order valence-electron chi connectivity index (χ3n) is 3.91. The number of piperazine rings is 1. The van der Waals surface area contributed by atoms with E-state index in [0.29, 0.717) is 41.4 Å². The van der Waals surface area contributed by atoms with Crippen LogP contribution in [0.4, 0.5) is 5.69 Å². The molecule has 0 bridgehead atoms. The fourth-order valence-corrected chi connectivity index (χ4v) is 2.76. The number of amides is 1. The fourth-order valence-electron chi connectivity index (χ4n) is 2.49. The summed E-state index contributed by atoms with van der Waals surface area (Å²) in [6.45, 7) is 5.63. The Morgan fingerprint density at radius 3 is 2.42 bits per heavy atom. The van der Waals surface area contributed by atoms with Crippen LogP contribution >= 0.6 is 11.6 Å². The SMILES string of the molecule is CC1CN(C(=O)c2c(N)cccc2Cl)CC(C)N1C. The van der Waals surface area contributed by atoms with Crippen LogP contribution in [0.1, 0.15) is 24.2 Å². The number of nitrogen functional groups attached to an aromatic ring is 1. The van der Waals surface area contributed by atoms with Gasteiger partial charge in [0.25, 0.3) is 5.91 Å². The largest absolute Gasteiger partial charge is 0.398 e. The number of hydrogen-bond donors (Lipinski definition) is 1. The Bertz CT molecular complexity index is 459. The van der Waals surface area contributed by atoms with Crippen molar-refractivity contribution in [2.45, 2.75) is 25.9 Å². The predicted octanol–water partition coefficient (Wildman–Crippen LogP) is 2.09. The number of anilines is 1. The molecule has 1 fully saturated rings. The van der Waals surface area contributed by atoms with Crippen LogP contribution in [0.15, 0.2) is 18.2 Å². The summed E-state index contributed by atoms with van der Waals surface area (Å²) >= 11 is 6.11. The lowest BCUT2D eigenvalue weighted by Crippen LogP contribution is -2.56. The Morgan fingerprint density at radius 1 is 1.32 bits per heavy atom. The summed E-state index contributed by atoms with van der Waals surface area (Å²) in [5.41, 5.74) is 6.75. The zero-order valence-electron chi connectivity index (χ0n) is 11.6. The average molecular weight is 282 g/mol. The lowest BCUT2D eigenvalue weighted by atomic mass is 10.1. The molecule has 19 heavy (non-hydrogen) atoms. The molecular formula is C14H20ClN3O. The first-order chi connectivity index (χ1) is 8.91. The van der Waals surface area contributed by atoms with Gasteiger partial charge < -0.3 is 10.6 Å². The molecule has 2 N–H and O–H groups in total. The summed E-state index contributed by atoms with van der Waals surface area (Å²) in [5, 5.41) is 0.421. The summed E-state index contributed by atoms with van der Waals surface area (Å²) in [6, 6.07) is 5.83. The number of nitrogens with zero attached hydrogens (tertiary/aromatic N) is 2. The molecule has 104 valence electrons. The maximum atomic E-state index is 12.6. The number of nitrogens with two attached hydrogens (primary N) is 1. The molecule has 1 aliphatic rings. The summed E-state index contributed by atoms with van der Waals surface area (Å²) in [6.07, 6.45) is 0. The smallest absolute Gasteiger partial charge is 0.257 e. The minimum Gasteiger partial charge on any atom is -0.398 e. The van der Waals surface area contributed by atoms with Crippen LogP contribution < -0.4 is 5.73 Å². The van der Waals surface area contributed by atoms with E-state index in [1.807, 2.05) is 4.90 Å². The van der Waals surface area contributed by atoms with Crippen molar-refractivity contribution < 1.29 is 4.79 Å². The summed E-state index contributed by atoms with van der Waals surface area (Å²) < 4.78 is 0. The van der Waals surface area contributed by atoms with Crippen LogP contribution in [-0.2, 0) is 0 Å². The molecule has 1 aromatic rings. The number of rotatable bonds is 1. The predicted molar refractivity (Wildman–Crippen MR) is 78.5 cm³/mol. The van der Waals surface area contributed by atoms with E-state index >= 15 is 0 Å². The topological polar surface area (TPSA) is 49.6 Å². The minimum atomic E-state index is -0.0742. The highest BCUT2D eigenvalue weighted by Gasteiger charge is 2.31. The van der Waals surface area contributed by atoms with Crippen LogP contribution in [0, 0.1) is 0 Å². The van der Waals surface area contributed by atoms with E-state index in [-0.39, 0.29) is 5.91 Å². The number of halogens is 1. The van der Waals surface area contributed by atoms with Gasteiger partial charge in [0.2, 0.25) is 0 Å². The van der Waals surface area contributed by atoms with Crippen molar-refractivity contribution in [2.75, 3.05) is 25.9 Å². The molecule has 0 aromatic heterocycles. The highest BCUT2D eigenvalue weighted by Crippen LogP contribution is 2.25. The van der Waals surface area contributed by atoms with Crippen molar-refractivity contribution in [3.05, 3.63) is 28.8 Å². The quantitative estimate of drug-likeness (QED) is 0.802. The normalized spacial score (nSPS) is 24.5. The number of likely N-dealkylation sites (N-methyl/N-ethyl adjacent to an activating group) is 1. The highest BCUT2D eigenvalue weighted by atomic mass is 35.5. The Morgan fingerprint density at radius 2 is 1.89 bits per heavy atom. The standard InChI is InChI=1S/C14H20ClN3O/c1-9-7-18(8-10(2)17(9)3)14(19)13-11(15)5-4-6-12(13)16/h4-6,9-10H,7-8,16H2,1-3H3. The fraction of sp³-hybridized carbons (Fsp3) is 0.500. The highest BCUT2D eigenvalue weighted by molar-refractivity contribution is 6.34. The molecule has 0 radical (unpaired) electrons. The zero-order valence-corrected chi connectivity index (χ0v) is 12.3.